The number of methoxy groups -OCH3 is 1. The van der Waals surface area contributed by atoms with Crippen molar-refractivity contribution >= 4 is 0 Å². The van der Waals surface area contributed by atoms with Gasteiger partial charge in [-0.15, -0.1) is 0 Å². The first-order valence-corrected chi connectivity index (χ1v) is 6.67. The third-order valence-corrected chi connectivity index (χ3v) is 3.72. The summed E-state index contributed by atoms with van der Waals surface area (Å²) >= 11 is 0. The number of hydrogen-bond donors (Lipinski definition) is 1. The third kappa shape index (κ3) is 5.28. The molecule has 1 fully saturated rings. The van der Waals surface area contributed by atoms with Gasteiger partial charge in [0.2, 0.25) is 0 Å². The first kappa shape index (κ1) is 13.9. The van der Waals surface area contributed by atoms with Gasteiger partial charge < -0.3 is 15.0 Å². The van der Waals surface area contributed by atoms with Crippen LogP contribution in [0.5, 0.6) is 0 Å². The number of nitrogens with zero attached hydrogens (tertiary/aromatic N) is 1. The average molecular weight is 228 g/mol. The van der Waals surface area contributed by atoms with E-state index in [9.17, 15) is 0 Å². The van der Waals surface area contributed by atoms with E-state index in [0.29, 0.717) is 0 Å². The van der Waals surface area contributed by atoms with E-state index < -0.39 is 0 Å². The summed E-state index contributed by atoms with van der Waals surface area (Å²) in [6.45, 7) is 6.40. The Balaban J connectivity index is 1.98. The number of nitrogens with one attached hydrogen (secondary N) is 1. The van der Waals surface area contributed by atoms with E-state index in [1.807, 2.05) is 0 Å². The van der Waals surface area contributed by atoms with Crippen LogP contribution in [0.1, 0.15) is 32.6 Å². The van der Waals surface area contributed by atoms with Crippen molar-refractivity contribution in [1.82, 2.24) is 10.2 Å². The van der Waals surface area contributed by atoms with Gasteiger partial charge in [-0.1, -0.05) is 13.3 Å². The Morgan fingerprint density at radius 1 is 1.31 bits per heavy atom. The summed E-state index contributed by atoms with van der Waals surface area (Å²) in [6, 6.07) is 0.778. The average Bonchev–Trinajstić information content (AvgIpc) is 2.74. The molecule has 0 aromatic rings. The molecule has 0 bridgehead atoms. The van der Waals surface area contributed by atoms with Gasteiger partial charge in [0, 0.05) is 32.8 Å². The van der Waals surface area contributed by atoms with Crippen LogP contribution < -0.4 is 5.32 Å². The van der Waals surface area contributed by atoms with Crippen molar-refractivity contribution in [3.05, 3.63) is 0 Å². The first-order valence-electron chi connectivity index (χ1n) is 6.67. The predicted molar refractivity (Wildman–Crippen MR) is 68.8 cm³/mol. The van der Waals surface area contributed by atoms with Crippen molar-refractivity contribution in [2.75, 3.05) is 40.4 Å². The van der Waals surface area contributed by atoms with Gasteiger partial charge in [-0.3, -0.25) is 0 Å². The Morgan fingerprint density at radius 2 is 2.12 bits per heavy atom. The van der Waals surface area contributed by atoms with E-state index in [-0.39, 0.29) is 0 Å². The molecule has 1 aliphatic rings. The molecule has 2 unspecified atom stereocenters. The maximum absolute atomic E-state index is 5.06. The van der Waals surface area contributed by atoms with Crippen LogP contribution in [0.25, 0.3) is 0 Å². The summed E-state index contributed by atoms with van der Waals surface area (Å²) in [5, 5.41) is 3.67. The second kappa shape index (κ2) is 8.04. The van der Waals surface area contributed by atoms with Crippen molar-refractivity contribution < 1.29 is 4.74 Å². The maximum atomic E-state index is 5.06. The molecule has 3 heteroatoms. The highest BCUT2D eigenvalue weighted by Crippen LogP contribution is 2.27. The Morgan fingerprint density at radius 3 is 2.75 bits per heavy atom. The van der Waals surface area contributed by atoms with Gasteiger partial charge in [-0.25, -0.2) is 0 Å². The van der Waals surface area contributed by atoms with Crippen LogP contribution in [0, 0.1) is 5.92 Å². The Labute approximate surface area is 101 Å². The topological polar surface area (TPSA) is 24.5 Å². The number of likely N-dealkylation sites (N-methyl/N-ethyl adjacent to an activating group) is 1. The van der Waals surface area contributed by atoms with Gasteiger partial charge in [0.05, 0.1) is 6.61 Å². The van der Waals surface area contributed by atoms with Crippen LogP contribution >= 0.6 is 0 Å². The van der Waals surface area contributed by atoms with Crippen molar-refractivity contribution in [3.63, 3.8) is 0 Å². The lowest BCUT2D eigenvalue weighted by Crippen LogP contribution is -2.35. The lowest BCUT2D eigenvalue weighted by molar-refractivity contribution is 0.161. The molecule has 0 aliphatic heterocycles. The lowest BCUT2D eigenvalue weighted by atomic mass is 10.1. The van der Waals surface area contributed by atoms with Crippen molar-refractivity contribution in [1.29, 1.82) is 0 Å². The molecule has 0 aromatic carbocycles. The van der Waals surface area contributed by atoms with E-state index >= 15 is 0 Å². The largest absolute Gasteiger partial charge is 0.383 e. The van der Waals surface area contributed by atoms with Gasteiger partial charge in [0.25, 0.3) is 0 Å². The standard InChI is InChI=1S/C13H28N2O/c1-4-12-5-6-13(11-12)14-7-8-15(2)9-10-16-3/h12-14H,4-11H2,1-3H3. The van der Waals surface area contributed by atoms with E-state index in [1.165, 1.54) is 25.7 Å². The SMILES string of the molecule is CCC1CCC(NCCN(C)CCOC)C1. The normalized spacial score (nSPS) is 25.5. The zero-order chi connectivity index (χ0) is 11.8. The Hall–Kier alpha value is -0.120. The van der Waals surface area contributed by atoms with E-state index in [0.717, 1.165) is 38.2 Å². The summed E-state index contributed by atoms with van der Waals surface area (Å²) in [4.78, 5) is 2.32. The second-order valence-corrected chi connectivity index (χ2v) is 5.03. The van der Waals surface area contributed by atoms with Crippen molar-refractivity contribution in [2.45, 2.75) is 38.6 Å². The fourth-order valence-electron chi connectivity index (χ4n) is 2.45. The van der Waals surface area contributed by atoms with Crippen LogP contribution in [0.15, 0.2) is 0 Å². The summed E-state index contributed by atoms with van der Waals surface area (Å²) in [5.74, 6) is 0.976. The molecule has 0 amide bonds. The molecule has 1 aliphatic carbocycles. The molecular formula is C13H28N2O. The van der Waals surface area contributed by atoms with Crippen LogP contribution in [-0.4, -0.2) is 51.3 Å². The van der Waals surface area contributed by atoms with E-state index in [2.05, 4.69) is 24.2 Å². The molecule has 3 nitrogen and oxygen atoms in total. The minimum absolute atomic E-state index is 0.778. The highest BCUT2D eigenvalue weighted by Gasteiger charge is 2.22. The number of hydrogen-bond acceptors (Lipinski definition) is 3. The molecule has 16 heavy (non-hydrogen) atoms. The van der Waals surface area contributed by atoms with Crippen LogP contribution in [0.3, 0.4) is 0 Å². The number of rotatable bonds is 8. The minimum atomic E-state index is 0.778. The monoisotopic (exact) mass is 228 g/mol. The fraction of sp³-hybridized carbons (Fsp3) is 1.00. The molecule has 0 saturated heterocycles. The molecule has 1 rings (SSSR count). The molecule has 96 valence electrons. The molecular weight excluding hydrogens is 200 g/mol. The molecule has 0 heterocycles. The van der Waals surface area contributed by atoms with Gasteiger partial charge in [0.1, 0.15) is 0 Å². The van der Waals surface area contributed by atoms with Gasteiger partial charge in [0.15, 0.2) is 0 Å². The molecule has 2 atom stereocenters. The van der Waals surface area contributed by atoms with Crippen LogP contribution in [0.4, 0.5) is 0 Å². The minimum Gasteiger partial charge on any atom is -0.383 e. The summed E-state index contributed by atoms with van der Waals surface area (Å²) in [6.07, 6.45) is 5.54. The summed E-state index contributed by atoms with van der Waals surface area (Å²) in [5.41, 5.74) is 0. The molecule has 0 radical (unpaired) electrons. The van der Waals surface area contributed by atoms with Crippen molar-refractivity contribution in [3.8, 4) is 0 Å². The van der Waals surface area contributed by atoms with Gasteiger partial charge >= 0.3 is 0 Å². The van der Waals surface area contributed by atoms with Gasteiger partial charge in [-0.05, 0) is 32.2 Å². The Kier molecular flexibility index (Phi) is 7.01. The third-order valence-electron chi connectivity index (χ3n) is 3.72. The summed E-state index contributed by atoms with van der Waals surface area (Å²) < 4.78 is 5.06. The fourth-order valence-corrected chi connectivity index (χ4v) is 2.45. The van der Waals surface area contributed by atoms with Crippen molar-refractivity contribution in [2.24, 2.45) is 5.92 Å². The summed E-state index contributed by atoms with van der Waals surface area (Å²) in [7, 11) is 3.92. The zero-order valence-corrected chi connectivity index (χ0v) is 11.2. The smallest absolute Gasteiger partial charge is 0.0589 e. The van der Waals surface area contributed by atoms with E-state index in [4.69, 9.17) is 4.74 Å². The predicted octanol–water partition coefficient (Wildman–Crippen LogP) is 1.73. The van der Waals surface area contributed by atoms with E-state index in [1.54, 1.807) is 7.11 Å². The van der Waals surface area contributed by atoms with Crippen LogP contribution in [-0.2, 0) is 4.74 Å². The maximum Gasteiger partial charge on any atom is 0.0589 e. The molecule has 1 N–H and O–H groups in total. The lowest BCUT2D eigenvalue weighted by Gasteiger charge is -2.18. The highest BCUT2D eigenvalue weighted by molar-refractivity contribution is 4.79. The van der Waals surface area contributed by atoms with Gasteiger partial charge in [-0.2, -0.15) is 0 Å². The molecule has 0 aromatic heterocycles. The molecule has 0 spiro atoms. The second-order valence-electron chi connectivity index (χ2n) is 5.03. The molecule has 1 saturated carbocycles. The quantitative estimate of drug-likeness (QED) is 0.685. The number of ether oxygens (including phenoxy) is 1. The first-order chi connectivity index (χ1) is 7.76. The zero-order valence-electron chi connectivity index (χ0n) is 11.2. The highest BCUT2D eigenvalue weighted by atomic mass is 16.5. The Bertz CT molecular complexity index is 175. The van der Waals surface area contributed by atoms with Crippen LogP contribution in [0.2, 0.25) is 0 Å².